The van der Waals surface area contributed by atoms with Crippen LogP contribution in [0.5, 0.6) is 0 Å². The van der Waals surface area contributed by atoms with E-state index >= 15 is 0 Å². The van der Waals surface area contributed by atoms with E-state index in [9.17, 15) is 4.79 Å². The van der Waals surface area contributed by atoms with E-state index in [1.54, 1.807) is 12.5 Å². The van der Waals surface area contributed by atoms with Crippen molar-refractivity contribution >= 4 is 17.7 Å². The van der Waals surface area contributed by atoms with Crippen molar-refractivity contribution in [3.63, 3.8) is 0 Å². The van der Waals surface area contributed by atoms with Crippen LogP contribution in [0.4, 0.5) is 0 Å². The molecule has 0 fully saturated rings. The van der Waals surface area contributed by atoms with E-state index in [0.717, 1.165) is 18.7 Å². The van der Waals surface area contributed by atoms with E-state index in [1.807, 2.05) is 17.7 Å². The molecule has 0 saturated carbocycles. The summed E-state index contributed by atoms with van der Waals surface area (Å²) in [6.45, 7) is 2.81. The fourth-order valence-electron chi connectivity index (χ4n) is 1.26. The summed E-state index contributed by atoms with van der Waals surface area (Å²) in [6.07, 6.45) is 7.10. The molecule has 0 aromatic carbocycles. The second kappa shape index (κ2) is 6.50. The zero-order chi connectivity index (χ0) is 11.1. The summed E-state index contributed by atoms with van der Waals surface area (Å²) < 4.78 is 2.00. The van der Waals surface area contributed by atoms with Crippen LogP contribution in [0.1, 0.15) is 19.8 Å². The van der Waals surface area contributed by atoms with E-state index in [4.69, 9.17) is 5.11 Å². The number of imidazole rings is 1. The van der Waals surface area contributed by atoms with Crippen LogP contribution in [0.2, 0.25) is 0 Å². The lowest BCUT2D eigenvalue weighted by Crippen LogP contribution is -2.15. The highest BCUT2D eigenvalue weighted by atomic mass is 32.2. The number of aromatic nitrogens is 2. The maximum absolute atomic E-state index is 10.7. The van der Waals surface area contributed by atoms with Crippen molar-refractivity contribution in [1.29, 1.82) is 0 Å². The minimum absolute atomic E-state index is 0.257. The first-order valence-electron chi connectivity index (χ1n) is 5.04. The number of thioether (sulfide) groups is 1. The number of aliphatic carboxylic acids is 1. The Morgan fingerprint density at radius 2 is 2.47 bits per heavy atom. The maximum atomic E-state index is 10.7. The second-order valence-electron chi connectivity index (χ2n) is 3.26. The average molecular weight is 228 g/mol. The minimum Gasteiger partial charge on any atom is -0.480 e. The number of carboxylic acid groups (broad SMARTS) is 1. The van der Waals surface area contributed by atoms with Crippen LogP contribution >= 0.6 is 11.8 Å². The maximum Gasteiger partial charge on any atom is 0.316 e. The van der Waals surface area contributed by atoms with Gasteiger partial charge in [-0.25, -0.2) is 4.98 Å². The van der Waals surface area contributed by atoms with Crippen molar-refractivity contribution in [2.45, 2.75) is 31.6 Å². The third kappa shape index (κ3) is 4.38. The topological polar surface area (TPSA) is 55.1 Å². The highest BCUT2D eigenvalue weighted by molar-refractivity contribution is 8.00. The molecule has 5 heteroatoms. The summed E-state index contributed by atoms with van der Waals surface area (Å²) in [6, 6.07) is 0. The lowest BCUT2D eigenvalue weighted by molar-refractivity contribution is -0.136. The van der Waals surface area contributed by atoms with Gasteiger partial charge < -0.3 is 9.67 Å². The molecular weight excluding hydrogens is 212 g/mol. The van der Waals surface area contributed by atoms with E-state index < -0.39 is 5.97 Å². The quantitative estimate of drug-likeness (QED) is 0.724. The van der Waals surface area contributed by atoms with Gasteiger partial charge in [0.1, 0.15) is 5.25 Å². The highest BCUT2D eigenvalue weighted by Gasteiger charge is 2.14. The van der Waals surface area contributed by atoms with Gasteiger partial charge in [-0.3, -0.25) is 4.79 Å². The molecule has 1 aromatic heterocycles. The number of rotatable bonds is 7. The predicted molar refractivity (Wildman–Crippen MR) is 61.0 cm³/mol. The predicted octanol–water partition coefficient (Wildman–Crippen LogP) is 1.87. The molecule has 1 heterocycles. The molecule has 0 amide bonds. The Kier molecular flexibility index (Phi) is 5.25. The first-order chi connectivity index (χ1) is 7.24. The molecule has 0 aliphatic heterocycles. The Hall–Kier alpha value is -0.970. The molecule has 84 valence electrons. The lowest BCUT2D eigenvalue weighted by atomic mass is 10.3. The molecule has 0 saturated heterocycles. The molecule has 15 heavy (non-hydrogen) atoms. The summed E-state index contributed by atoms with van der Waals surface area (Å²) >= 11 is 1.52. The summed E-state index contributed by atoms with van der Waals surface area (Å²) in [4.78, 5) is 14.7. The average Bonchev–Trinajstić information content (AvgIpc) is 2.70. The van der Waals surface area contributed by atoms with Gasteiger partial charge in [0.05, 0.1) is 6.33 Å². The van der Waals surface area contributed by atoms with E-state index in [-0.39, 0.29) is 5.25 Å². The van der Waals surface area contributed by atoms with Crippen LogP contribution in [-0.2, 0) is 11.3 Å². The first-order valence-corrected chi connectivity index (χ1v) is 6.09. The fraction of sp³-hybridized carbons (Fsp3) is 0.600. The fourth-order valence-corrected chi connectivity index (χ4v) is 2.21. The third-order valence-corrected chi connectivity index (χ3v) is 3.55. The van der Waals surface area contributed by atoms with Gasteiger partial charge >= 0.3 is 5.97 Å². The van der Waals surface area contributed by atoms with Crippen molar-refractivity contribution in [2.24, 2.45) is 0 Å². The van der Waals surface area contributed by atoms with Gasteiger partial charge in [0, 0.05) is 18.9 Å². The standard InChI is InChI=1S/C10H16N2O2S/c1-2-9(10(13)14)15-7-3-5-12-6-4-11-8-12/h4,6,8-9H,2-3,5,7H2,1H3,(H,13,14). The number of carbonyl (C=O) groups is 1. The Balaban J connectivity index is 2.13. The van der Waals surface area contributed by atoms with E-state index in [2.05, 4.69) is 4.98 Å². The SMILES string of the molecule is CCC(SCCCn1ccnc1)C(=O)O. The number of nitrogens with zero attached hydrogens (tertiary/aromatic N) is 2. The van der Waals surface area contributed by atoms with Crippen LogP contribution in [0.15, 0.2) is 18.7 Å². The van der Waals surface area contributed by atoms with Crippen molar-refractivity contribution in [3.05, 3.63) is 18.7 Å². The van der Waals surface area contributed by atoms with E-state index in [0.29, 0.717) is 6.42 Å². The van der Waals surface area contributed by atoms with Gasteiger partial charge in [0.15, 0.2) is 0 Å². The monoisotopic (exact) mass is 228 g/mol. The molecule has 0 aliphatic rings. The van der Waals surface area contributed by atoms with Crippen LogP contribution in [-0.4, -0.2) is 31.6 Å². The van der Waals surface area contributed by atoms with Crippen molar-refractivity contribution in [1.82, 2.24) is 9.55 Å². The summed E-state index contributed by atoms with van der Waals surface area (Å²) in [5.41, 5.74) is 0. The van der Waals surface area contributed by atoms with Gasteiger partial charge in [-0.1, -0.05) is 6.92 Å². The minimum atomic E-state index is -0.704. The molecule has 0 aliphatic carbocycles. The smallest absolute Gasteiger partial charge is 0.316 e. The summed E-state index contributed by atoms with van der Waals surface area (Å²) in [7, 11) is 0. The van der Waals surface area contributed by atoms with Crippen LogP contribution < -0.4 is 0 Å². The molecule has 0 radical (unpaired) electrons. The van der Waals surface area contributed by atoms with E-state index in [1.165, 1.54) is 11.8 Å². The van der Waals surface area contributed by atoms with Gasteiger partial charge in [-0.15, -0.1) is 11.8 Å². The van der Waals surface area contributed by atoms with Gasteiger partial charge in [0.2, 0.25) is 0 Å². The number of hydrogen-bond donors (Lipinski definition) is 1. The van der Waals surface area contributed by atoms with Crippen molar-refractivity contribution < 1.29 is 9.90 Å². The van der Waals surface area contributed by atoms with Crippen LogP contribution in [0.3, 0.4) is 0 Å². The van der Waals surface area contributed by atoms with Crippen molar-refractivity contribution in [2.75, 3.05) is 5.75 Å². The lowest BCUT2D eigenvalue weighted by Gasteiger charge is -2.08. The molecule has 1 N–H and O–H groups in total. The highest BCUT2D eigenvalue weighted by Crippen LogP contribution is 2.15. The number of carboxylic acids is 1. The zero-order valence-corrected chi connectivity index (χ0v) is 9.61. The number of aryl methyl sites for hydroxylation is 1. The van der Waals surface area contributed by atoms with Crippen LogP contribution in [0.25, 0.3) is 0 Å². The second-order valence-corrected chi connectivity index (χ2v) is 4.57. The number of hydrogen-bond acceptors (Lipinski definition) is 3. The summed E-state index contributed by atoms with van der Waals surface area (Å²) in [5, 5.41) is 8.56. The Labute approximate surface area is 93.7 Å². The zero-order valence-electron chi connectivity index (χ0n) is 8.80. The molecule has 1 rings (SSSR count). The Morgan fingerprint density at radius 1 is 1.67 bits per heavy atom. The molecule has 1 unspecified atom stereocenters. The van der Waals surface area contributed by atoms with Crippen molar-refractivity contribution in [3.8, 4) is 0 Å². The van der Waals surface area contributed by atoms with Crippen LogP contribution in [0, 0.1) is 0 Å². The molecule has 1 aromatic rings. The molecule has 0 bridgehead atoms. The largest absolute Gasteiger partial charge is 0.480 e. The first kappa shape index (κ1) is 12.1. The van der Waals surface area contributed by atoms with Gasteiger partial charge in [0.25, 0.3) is 0 Å². The third-order valence-electron chi connectivity index (χ3n) is 2.09. The molecule has 0 spiro atoms. The van der Waals surface area contributed by atoms with Gasteiger partial charge in [-0.05, 0) is 18.6 Å². The summed E-state index contributed by atoms with van der Waals surface area (Å²) in [5.74, 6) is 0.174. The normalized spacial score (nSPS) is 12.6. The molecular formula is C10H16N2O2S. The molecule has 4 nitrogen and oxygen atoms in total. The van der Waals surface area contributed by atoms with Gasteiger partial charge in [-0.2, -0.15) is 0 Å². The Bertz CT molecular complexity index is 288. The molecule has 1 atom stereocenters. The Morgan fingerprint density at radius 3 is 3.00 bits per heavy atom.